The van der Waals surface area contributed by atoms with Crippen LogP contribution in [0.3, 0.4) is 0 Å². The van der Waals surface area contributed by atoms with E-state index in [2.05, 4.69) is 10.0 Å². The number of carbonyl (C=O) groups is 1. The summed E-state index contributed by atoms with van der Waals surface area (Å²) in [5, 5.41) is 2.34. The van der Waals surface area contributed by atoms with Crippen molar-refractivity contribution >= 4 is 21.6 Å². The summed E-state index contributed by atoms with van der Waals surface area (Å²) in [7, 11) is -3.98. The molecule has 0 bridgehead atoms. The Bertz CT molecular complexity index is 1120. The fourth-order valence-corrected chi connectivity index (χ4v) is 3.91. The number of rotatable bonds is 6. The Morgan fingerprint density at radius 3 is 2.21 bits per heavy atom. The van der Waals surface area contributed by atoms with Crippen LogP contribution in [0, 0.1) is 11.6 Å². The lowest BCUT2D eigenvalue weighted by atomic mass is 10.1. The van der Waals surface area contributed by atoms with Crippen molar-refractivity contribution in [3.63, 3.8) is 0 Å². The molecule has 29 heavy (non-hydrogen) atoms. The van der Waals surface area contributed by atoms with E-state index in [4.69, 9.17) is 0 Å². The van der Waals surface area contributed by atoms with Crippen molar-refractivity contribution in [2.45, 2.75) is 17.9 Å². The van der Waals surface area contributed by atoms with E-state index >= 15 is 0 Å². The molecule has 1 amide bonds. The molecule has 0 fully saturated rings. The third-order valence-electron chi connectivity index (χ3n) is 4.24. The maximum atomic E-state index is 14.4. The first kappa shape index (κ1) is 20.6. The molecule has 0 heterocycles. The van der Waals surface area contributed by atoms with Gasteiger partial charge in [-0.25, -0.2) is 21.9 Å². The predicted molar refractivity (Wildman–Crippen MR) is 106 cm³/mol. The lowest BCUT2D eigenvalue weighted by Gasteiger charge is -2.15. The van der Waals surface area contributed by atoms with Gasteiger partial charge in [0.15, 0.2) is 0 Å². The third-order valence-corrected chi connectivity index (χ3v) is 5.78. The average molecular weight is 416 g/mol. The molecular formula is C21H18F2N2O3S. The van der Waals surface area contributed by atoms with E-state index < -0.39 is 33.6 Å². The molecule has 0 saturated heterocycles. The van der Waals surface area contributed by atoms with Crippen molar-refractivity contribution < 1.29 is 22.0 Å². The van der Waals surface area contributed by atoms with Gasteiger partial charge >= 0.3 is 0 Å². The van der Waals surface area contributed by atoms with Crippen molar-refractivity contribution in [1.29, 1.82) is 0 Å². The van der Waals surface area contributed by atoms with Gasteiger partial charge in [-0.15, -0.1) is 0 Å². The van der Waals surface area contributed by atoms with Gasteiger partial charge in [-0.05, 0) is 55.0 Å². The molecule has 3 rings (SSSR count). The van der Waals surface area contributed by atoms with Gasteiger partial charge in [0.25, 0.3) is 5.91 Å². The summed E-state index contributed by atoms with van der Waals surface area (Å²) in [5.41, 5.74) is 0.718. The molecule has 0 aromatic heterocycles. The van der Waals surface area contributed by atoms with E-state index in [-0.39, 0.29) is 16.1 Å². The summed E-state index contributed by atoms with van der Waals surface area (Å²) < 4.78 is 55.0. The lowest BCUT2D eigenvalue weighted by Crippen LogP contribution is -2.27. The molecule has 1 atom stereocenters. The lowest BCUT2D eigenvalue weighted by molar-refractivity contribution is 0.102. The van der Waals surface area contributed by atoms with Gasteiger partial charge in [-0.1, -0.05) is 30.3 Å². The van der Waals surface area contributed by atoms with Crippen LogP contribution in [-0.2, 0) is 10.0 Å². The van der Waals surface area contributed by atoms with Gasteiger partial charge in [0.05, 0.1) is 10.6 Å². The first-order valence-corrected chi connectivity index (χ1v) is 10.2. The molecule has 0 aliphatic heterocycles. The van der Waals surface area contributed by atoms with E-state index in [1.807, 2.05) is 6.07 Å². The molecule has 0 radical (unpaired) electrons. The summed E-state index contributed by atoms with van der Waals surface area (Å²) in [4.78, 5) is 11.9. The highest BCUT2D eigenvalue weighted by Gasteiger charge is 2.20. The van der Waals surface area contributed by atoms with Crippen LogP contribution in [0.25, 0.3) is 0 Å². The fraction of sp³-hybridized carbons (Fsp3) is 0.0952. The molecule has 2 N–H and O–H groups in total. The molecule has 150 valence electrons. The molecule has 8 heteroatoms. The van der Waals surface area contributed by atoms with Crippen molar-refractivity contribution in [3.8, 4) is 0 Å². The smallest absolute Gasteiger partial charge is 0.255 e. The Labute approximate surface area is 167 Å². The van der Waals surface area contributed by atoms with Crippen LogP contribution >= 0.6 is 0 Å². The SMILES string of the molecule is C[C@H](NS(=O)(=O)c1ccc(NC(=O)c2ccc(F)cc2)c(F)c1)c1ccccc1. The van der Waals surface area contributed by atoms with Gasteiger partial charge in [0.2, 0.25) is 10.0 Å². The van der Waals surface area contributed by atoms with E-state index in [0.29, 0.717) is 0 Å². The highest BCUT2D eigenvalue weighted by atomic mass is 32.2. The zero-order valence-corrected chi connectivity index (χ0v) is 16.2. The Hall–Kier alpha value is -3.10. The Kier molecular flexibility index (Phi) is 6.05. The van der Waals surface area contributed by atoms with E-state index in [0.717, 1.165) is 23.8 Å². The van der Waals surface area contributed by atoms with Crippen molar-refractivity contribution in [2.75, 3.05) is 5.32 Å². The van der Waals surface area contributed by atoms with Crippen molar-refractivity contribution in [1.82, 2.24) is 4.72 Å². The second-order valence-electron chi connectivity index (χ2n) is 6.36. The quantitative estimate of drug-likeness (QED) is 0.631. The molecule has 0 unspecified atom stereocenters. The Balaban J connectivity index is 1.76. The third kappa shape index (κ3) is 5.04. The minimum Gasteiger partial charge on any atom is -0.319 e. The summed E-state index contributed by atoms with van der Waals surface area (Å²) in [6.45, 7) is 1.68. The van der Waals surface area contributed by atoms with Gasteiger partial charge in [0.1, 0.15) is 11.6 Å². The molecule has 0 aliphatic rings. The minimum absolute atomic E-state index is 0.140. The minimum atomic E-state index is -3.98. The van der Waals surface area contributed by atoms with Crippen LogP contribution in [0.4, 0.5) is 14.5 Å². The monoisotopic (exact) mass is 416 g/mol. The zero-order valence-electron chi connectivity index (χ0n) is 15.4. The summed E-state index contributed by atoms with van der Waals surface area (Å²) in [6, 6.07) is 16.4. The highest BCUT2D eigenvalue weighted by molar-refractivity contribution is 7.89. The van der Waals surface area contributed by atoms with Gasteiger partial charge in [-0.2, -0.15) is 0 Å². The predicted octanol–water partition coefficient (Wildman–Crippen LogP) is 4.26. The van der Waals surface area contributed by atoms with Gasteiger partial charge in [0, 0.05) is 11.6 Å². The summed E-state index contributed by atoms with van der Waals surface area (Å²) >= 11 is 0. The van der Waals surface area contributed by atoms with Crippen LogP contribution in [0.2, 0.25) is 0 Å². The second kappa shape index (κ2) is 8.50. The average Bonchev–Trinajstić information content (AvgIpc) is 2.70. The zero-order chi connectivity index (χ0) is 21.0. The number of nitrogens with one attached hydrogen (secondary N) is 2. The summed E-state index contributed by atoms with van der Waals surface area (Å²) in [6.07, 6.45) is 0. The summed E-state index contributed by atoms with van der Waals surface area (Å²) in [5.74, 6) is -2.05. The number of hydrogen-bond acceptors (Lipinski definition) is 3. The number of halogens is 2. The standard InChI is InChI=1S/C21H18F2N2O3S/c1-14(15-5-3-2-4-6-15)25-29(27,28)18-11-12-20(19(23)13-18)24-21(26)16-7-9-17(22)10-8-16/h2-14,25H,1H3,(H,24,26)/t14-/m0/s1. The molecule has 3 aromatic rings. The van der Waals surface area contributed by atoms with Crippen LogP contribution in [0.5, 0.6) is 0 Å². The van der Waals surface area contributed by atoms with Crippen LogP contribution in [-0.4, -0.2) is 14.3 Å². The van der Waals surface area contributed by atoms with Gasteiger partial charge in [-0.3, -0.25) is 4.79 Å². The first-order chi connectivity index (χ1) is 13.8. The number of amides is 1. The van der Waals surface area contributed by atoms with Crippen LogP contribution in [0.1, 0.15) is 28.9 Å². The molecule has 0 saturated carbocycles. The van der Waals surface area contributed by atoms with E-state index in [9.17, 15) is 22.0 Å². The maximum absolute atomic E-state index is 14.4. The highest BCUT2D eigenvalue weighted by Crippen LogP contribution is 2.22. The number of benzene rings is 3. The Morgan fingerprint density at radius 2 is 1.59 bits per heavy atom. The van der Waals surface area contributed by atoms with Crippen LogP contribution < -0.4 is 10.0 Å². The number of anilines is 1. The molecule has 5 nitrogen and oxygen atoms in total. The number of sulfonamides is 1. The number of hydrogen-bond donors (Lipinski definition) is 2. The van der Waals surface area contributed by atoms with E-state index in [1.165, 1.54) is 24.3 Å². The van der Waals surface area contributed by atoms with Crippen LogP contribution in [0.15, 0.2) is 77.7 Å². The largest absolute Gasteiger partial charge is 0.319 e. The topological polar surface area (TPSA) is 75.3 Å². The van der Waals surface area contributed by atoms with Gasteiger partial charge < -0.3 is 5.32 Å². The maximum Gasteiger partial charge on any atom is 0.255 e. The Morgan fingerprint density at radius 1 is 0.931 bits per heavy atom. The fourth-order valence-electron chi connectivity index (χ4n) is 2.67. The number of carbonyl (C=O) groups excluding carboxylic acids is 1. The van der Waals surface area contributed by atoms with E-state index in [1.54, 1.807) is 31.2 Å². The molecule has 3 aromatic carbocycles. The normalized spacial score (nSPS) is 12.4. The second-order valence-corrected chi connectivity index (χ2v) is 8.07. The van der Waals surface area contributed by atoms with Crippen molar-refractivity contribution in [2.24, 2.45) is 0 Å². The first-order valence-electron chi connectivity index (χ1n) is 8.70. The molecular weight excluding hydrogens is 398 g/mol. The van der Waals surface area contributed by atoms with Crippen molar-refractivity contribution in [3.05, 3.63) is 95.6 Å². The molecule has 0 aliphatic carbocycles. The molecule has 0 spiro atoms.